The third-order valence-corrected chi connectivity index (χ3v) is 3.96. The quantitative estimate of drug-likeness (QED) is 0.734. The summed E-state index contributed by atoms with van der Waals surface area (Å²) in [6, 6.07) is 21.7. The van der Waals surface area contributed by atoms with Crippen molar-refractivity contribution in [2.24, 2.45) is 0 Å². The van der Waals surface area contributed by atoms with Gasteiger partial charge in [-0.25, -0.2) is 0 Å². The number of esters is 1. The molecule has 2 aromatic rings. The van der Waals surface area contributed by atoms with Gasteiger partial charge in [-0.15, -0.1) is 0 Å². The van der Waals surface area contributed by atoms with Crippen LogP contribution in [0.3, 0.4) is 0 Å². The van der Waals surface area contributed by atoms with Crippen LogP contribution in [0.2, 0.25) is 0 Å². The highest BCUT2D eigenvalue weighted by Crippen LogP contribution is 2.24. The van der Waals surface area contributed by atoms with Gasteiger partial charge in [-0.3, -0.25) is 9.69 Å². The van der Waals surface area contributed by atoms with E-state index in [0.717, 1.165) is 11.1 Å². The molecule has 0 bridgehead atoms. The van der Waals surface area contributed by atoms with Crippen LogP contribution in [0.4, 0.5) is 0 Å². The summed E-state index contributed by atoms with van der Waals surface area (Å²) in [7, 11) is 1.92. The van der Waals surface area contributed by atoms with E-state index in [-0.39, 0.29) is 18.5 Å². The Morgan fingerprint density at radius 3 is 2.25 bits per heavy atom. The van der Waals surface area contributed by atoms with Gasteiger partial charge in [0.05, 0.1) is 6.07 Å². The van der Waals surface area contributed by atoms with Gasteiger partial charge in [-0.05, 0) is 18.2 Å². The average molecular weight is 322 g/mol. The van der Waals surface area contributed by atoms with Gasteiger partial charge in [-0.1, -0.05) is 60.7 Å². The standard InChI is InChI=1S/C20H22N2O2/c1-16(23)24-15-19(18-11-7-4-8-12-18)20(13-21)22(2)14-17-9-5-3-6-10-17/h3-12,19-20H,14-15H2,1-2H3/t19-,20-/m0/s1. The second kappa shape index (κ2) is 8.85. The van der Waals surface area contributed by atoms with E-state index in [9.17, 15) is 10.1 Å². The Kier molecular flexibility index (Phi) is 6.53. The zero-order valence-electron chi connectivity index (χ0n) is 14.1. The van der Waals surface area contributed by atoms with E-state index in [1.54, 1.807) is 0 Å². The lowest BCUT2D eigenvalue weighted by atomic mass is 9.91. The van der Waals surface area contributed by atoms with Crippen LogP contribution in [0.1, 0.15) is 24.0 Å². The average Bonchev–Trinajstić information content (AvgIpc) is 2.60. The van der Waals surface area contributed by atoms with E-state index in [1.165, 1.54) is 6.92 Å². The number of nitrogens with zero attached hydrogens (tertiary/aromatic N) is 2. The van der Waals surface area contributed by atoms with Crippen LogP contribution < -0.4 is 0 Å². The lowest BCUT2D eigenvalue weighted by molar-refractivity contribution is -0.141. The molecule has 0 amide bonds. The Hall–Kier alpha value is -2.64. The first kappa shape index (κ1) is 17.7. The largest absolute Gasteiger partial charge is 0.465 e. The van der Waals surface area contributed by atoms with E-state index >= 15 is 0 Å². The van der Waals surface area contributed by atoms with Crippen molar-refractivity contribution in [2.45, 2.75) is 25.4 Å². The van der Waals surface area contributed by atoms with Gasteiger partial charge < -0.3 is 4.74 Å². The molecule has 0 fully saturated rings. The first-order valence-electron chi connectivity index (χ1n) is 7.94. The molecule has 0 saturated heterocycles. The van der Waals surface area contributed by atoms with Crippen LogP contribution in [-0.4, -0.2) is 30.6 Å². The van der Waals surface area contributed by atoms with E-state index in [0.29, 0.717) is 6.54 Å². The minimum absolute atomic E-state index is 0.191. The zero-order valence-corrected chi connectivity index (χ0v) is 14.1. The van der Waals surface area contributed by atoms with Crippen molar-refractivity contribution in [3.63, 3.8) is 0 Å². The Balaban J connectivity index is 2.20. The number of nitriles is 1. The lowest BCUT2D eigenvalue weighted by Crippen LogP contribution is -2.37. The summed E-state index contributed by atoms with van der Waals surface area (Å²) < 4.78 is 5.22. The van der Waals surface area contributed by atoms with Crippen molar-refractivity contribution in [3.05, 3.63) is 71.8 Å². The van der Waals surface area contributed by atoms with Gasteiger partial charge >= 0.3 is 5.97 Å². The first-order chi connectivity index (χ1) is 11.6. The van der Waals surface area contributed by atoms with Crippen molar-refractivity contribution in [2.75, 3.05) is 13.7 Å². The Morgan fingerprint density at radius 2 is 1.71 bits per heavy atom. The monoisotopic (exact) mass is 322 g/mol. The normalized spacial score (nSPS) is 13.1. The van der Waals surface area contributed by atoms with E-state index in [2.05, 4.69) is 6.07 Å². The molecule has 0 aromatic heterocycles. The molecule has 124 valence electrons. The van der Waals surface area contributed by atoms with Gasteiger partial charge in [0.15, 0.2) is 0 Å². The topological polar surface area (TPSA) is 53.3 Å². The van der Waals surface area contributed by atoms with Crippen molar-refractivity contribution in [3.8, 4) is 6.07 Å². The second-order valence-corrected chi connectivity index (χ2v) is 5.79. The van der Waals surface area contributed by atoms with E-state index in [1.807, 2.05) is 72.6 Å². The van der Waals surface area contributed by atoms with Crippen LogP contribution in [0.25, 0.3) is 0 Å². The molecule has 0 aliphatic rings. The molecule has 4 nitrogen and oxygen atoms in total. The molecule has 0 radical (unpaired) electrons. The van der Waals surface area contributed by atoms with Gasteiger partial charge in [0.25, 0.3) is 0 Å². The van der Waals surface area contributed by atoms with Gasteiger partial charge in [-0.2, -0.15) is 5.26 Å². The molecule has 2 atom stereocenters. The number of hydrogen-bond acceptors (Lipinski definition) is 4. The molecule has 0 spiro atoms. The molecule has 0 N–H and O–H groups in total. The predicted molar refractivity (Wildman–Crippen MR) is 93.1 cm³/mol. The van der Waals surface area contributed by atoms with Crippen LogP contribution >= 0.6 is 0 Å². The lowest BCUT2D eigenvalue weighted by Gasteiger charge is -2.30. The summed E-state index contributed by atoms with van der Waals surface area (Å²) in [5, 5.41) is 9.74. The number of ether oxygens (including phenoxy) is 1. The van der Waals surface area contributed by atoms with E-state index < -0.39 is 6.04 Å². The molecule has 0 saturated carbocycles. The fraction of sp³-hybridized carbons (Fsp3) is 0.300. The fourth-order valence-corrected chi connectivity index (χ4v) is 2.74. The third kappa shape index (κ3) is 4.94. The number of likely N-dealkylation sites (N-methyl/N-ethyl adjacent to an activating group) is 1. The molecular formula is C20H22N2O2. The number of hydrogen-bond donors (Lipinski definition) is 0. The summed E-state index contributed by atoms with van der Waals surface area (Å²) in [5.41, 5.74) is 2.13. The summed E-state index contributed by atoms with van der Waals surface area (Å²) in [6.45, 7) is 2.23. The molecule has 2 rings (SSSR count). The maximum Gasteiger partial charge on any atom is 0.302 e. The van der Waals surface area contributed by atoms with Crippen LogP contribution in [0.15, 0.2) is 60.7 Å². The third-order valence-electron chi connectivity index (χ3n) is 3.96. The molecule has 0 aliphatic heterocycles. The summed E-state index contributed by atoms with van der Waals surface area (Å²) >= 11 is 0. The minimum Gasteiger partial charge on any atom is -0.465 e. The fourth-order valence-electron chi connectivity index (χ4n) is 2.74. The first-order valence-corrected chi connectivity index (χ1v) is 7.94. The molecule has 24 heavy (non-hydrogen) atoms. The second-order valence-electron chi connectivity index (χ2n) is 5.79. The van der Waals surface area contributed by atoms with Crippen LogP contribution in [0, 0.1) is 11.3 Å². The highest BCUT2D eigenvalue weighted by atomic mass is 16.5. The SMILES string of the molecule is CC(=O)OC[C@@H](c1ccccc1)[C@H](C#N)N(C)Cc1ccccc1. The van der Waals surface area contributed by atoms with E-state index in [4.69, 9.17) is 4.74 Å². The predicted octanol–water partition coefficient (Wildman–Crippen LogP) is 3.36. The minimum atomic E-state index is -0.396. The number of rotatable bonds is 7. The van der Waals surface area contributed by atoms with Crippen molar-refractivity contribution >= 4 is 5.97 Å². The highest BCUT2D eigenvalue weighted by molar-refractivity contribution is 5.66. The molecule has 2 aromatic carbocycles. The highest BCUT2D eigenvalue weighted by Gasteiger charge is 2.28. The van der Waals surface area contributed by atoms with Crippen molar-refractivity contribution < 1.29 is 9.53 Å². The Morgan fingerprint density at radius 1 is 1.12 bits per heavy atom. The maximum atomic E-state index is 11.2. The smallest absolute Gasteiger partial charge is 0.302 e. The van der Waals surface area contributed by atoms with Crippen molar-refractivity contribution in [1.82, 2.24) is 4.90 Å². The van der Waals surface area contributed by atoms with Crippen LogP contribution in [-0.2, 0) is 16.1 Å². The number of carbonyl (C=O) groups is 1. The number of benzene rings is 2. The summed E-state index contributed by atoms with van der Waals surface area (Å²) in [5.74, 6) is -0.535. The molecule has 0 unspecified atom stereocenters. The molecule has 0 aliphatic carbocycles. The van der Waals surface area contributed by atoms with Crippen molar-refractivity contribution in [1.29, 1.82) is 5.26 Å². The van der Waals surface area contributed by atoms with Crippen LogP contribution in [0.5, 0.6) is 0 Å². The van der Waals surface area contributed by atoms with Gasteiger partial charge in [0.1, 0.15) is 12.6 Å². The molecule has 0 heterocycles. The Bertz CT molecular complexity index is 680. The summed E-state index contributed by atoms with van der Waals surface area (Å²) in [6.07, 6.45) is 0. The summed E-state index contributed by atoms with van der Waals surface area (Å²) in [4.78, 5) is 13.2. The Labute approximate surface area is 143 Å². The molecular weight excluding hydrogens is 300 g/mol. The number of carbonyl (C=O) groups excluding carboxylic acids is 1. The van der Waals surface area contributed by atoms with Gasteiger partial charge in [0, 0.05) is 19.4 Å². The molecule has 4 heteroatoms. The zero-order chi connectivity index (χ0) is 17.4. The van der Waals surface area contributed by atoms with Gasteiger partial charge in [0.2, 0.25) is 0 Å². The maximum absolute atomic E-state index is 11.2.